The van der Waals surface area contributed by atoms with Crippen LogP contribution in [0.3, 0.4) is 0 Å². The van der Waals surface area contributed by atoms with Crippen LogP contribution in [0.1, 0.15) is 25.5 Å². The Morgan fingerprint density at radius 1 is 1.33 bits per heavy atom. The van der Waals surface area contributed by atoms with Gasteiger partial charge in [-0.3, -0.25) is 0 Å². The molecule has 0 bridgehead atoms. The van der Waals surface area contributed by atoms with E-state index in [9.17, 15) is 13.2 Å². The van der Waals surface area contributed by atoms with Gasteiger partial charge in [-0.2, -0.15) is 13.2 Å². The van der Waals surface area contributed by atoms with Gasteiger partial charge in [-0.05, 0) is 25.5 Å². The van der Waals surface area contributed by atoms with E-state index in [4.69, 9.17) is 5.73 Å². The molecule has 1 aromatic rings. The first-order valence-electron chi connectivity index (χ1n) is 5.84. The number of anilines is 1. The van der Waals surface area contributed by atoms with Gasteiger partial charge < -0.3 is 10.6 Å². The summed E-state index contributed by atoms with van der Waals surface area (Å²) in [6, 6.07) is 0.872. The van der Waals surface area contributed by atoms with Crippen molar-refractivity contribution in [2.24, 2.45) is 5.73 Å². The minimum absolute atomic E-state index is 0.111. The van der Waals surface area contributed by atoms with E-state index in [2.05, 4.69) is 9.97 Å². The number of halogens is 3. The van der Waals surface area contributed by atoms with Crippen molar-refractivity contribution in [1.82, 2.24) is 9.97 Å². The fourth-order valence-corrected chi connectivity index (χ4v) is 1.52. The Bertz CT molecular complexity index is 368. The van der Waals surface area contributed by atoms with Crippen molar-refractivity contribution in [2.45, 2.75) is 25.9 Å². The van der Waals surface area contributed by atoms with Gasteiger partial charge in [0.05, 0.1) is 0 Å². The zero-order valence-electron chi connectivity index (χ0n) is 10.2. The van der Waals surface area contributed by atoms with Crippen LogP contribution >= 0.6 is 0 Å². The molecule has 0 spiro atoms. The molecule has 0 radical (unpaired) electrons. The van der Waals surface area contributed by atoms with Crippen molar-refractivity contribution in [2.75, 3.05) is 24.5 Å². The minimum atomic E-state index is -4.44. The molecule has 0 aliphatic rings. The number of alkyl halides is 3. The smallest absolute Gasteiger partial charge is 0.341 e. The molecule has 18 heavy (non-hydrogen) atoms. The summed E-state index contributed by atoms with van der Waals surface area (Å²) in [7, 11) is 0. The fourth-order valence-electron chi connectivity index (χ4n) is 1.52. The molecule has 102 valence electrons. The van der Waals surface area contributed by atoms with E-state index in [0.29, 0.717) is 26.1 Å². The highest BCUT2D eigenvalue weighted by atomic mass is 19.4. The summed E-state index contributed by atoms with van der Waals surface area (Å²) in [5, 5.41) is 0. The lowest BCUT2D eigenvalue weighted by atomic mass is 10.3. The maximum Gasteiger partial charge on any atom is 0.433 e. The lowest BCUT2D eigenvalue weighted by Crippen LogP contribution is -2.29. The van der Waals surface area contributed by atoms with Crippen LogP contribution in [0.25, 0.3) is 0 Å². The second kappa shape index (κ2) is 6.53. The molecular formula is C11H17F3N4. The standard InChI is InChI=1S/C11H17F3N4/c1-2-7-18(8-3-5-15)10-16-6-4-9(17-10)11(12,13)14/h4,6H,2-3,5,7-8,15H2,1H3. The number of hydrogen-bond donors (Lipinski definition) is 1. The second-order valence-electron chi connectivity index (χ2n) is 3.87. The second-order valence-corrected chi connectivity index (χ2v) is 3.87. The monoisotopic (exact) mass is 262 g/mol. The average Bonchev–Trinajstić information content (AvgIpc) is 2.33. The van der Waals surface area contributed by atoms with Gasteiger partial charge in [0.25, 0.3) is 0 Å². The maximum atomic E-state index is 12.5. The van der Waals surface area contributed by atoms with E-state index >= 15 is 0 Å². The van der Waals surface area contributed by atoms with Crippen LogP contribution in [0, 0.1) is 0 Å². The molecule has 1 rings (SSSR count). The van der Waals surface area contributed by atoms with Gasteiger partial charge in [0.1, 0.15) is 5.69 Å². The van der Waals surface area contributed by atoms with Gasteiger partial charge in [0, 0.05) is 19.3 Å². The molecule has 0 aliphatic carbocycles. The SMILES string of the molecule is CCCN(CCCN)c1nccc(C(F)(F)F)n1. The van der Waals surface area contributed by atoms with Crippen molar-refractivity contribution in [3.8, 4) is 0 Å². The Hall–Kier alpha value is -1.37. The predicted octanol–water partition coefficient (Wildman–Crippen LogP) is 2.06. The third kappa shape index (κ3) is 4.14. The number of rotatable bonds is 6. The lowest BCUT2D eigenvalue weighted by Gasteiger charge is -2.22. The van der Waals surface area contributed by atoms with Crippen LogP contribution < -0.4 is 10.6 Å². The van der Waals surface area contributed by atoms with Gasteiger partial charge in [0.2, 0.25) is 5.95 Å². The summed E-state index contributed by atoms with van der Waals surface area (Å²) in [5.41, 5.74) is 4.49. The van der Waals surface area contributed by atoms with Crippen molar-refractivity contribution in [3.05, 3.63) is 18.0 Å². The normalized spacial score (nSPS) is 11.6. The van der Waals surface area contributed by atoms with Crippen LogP contribution in [0.2, 0.25) is 0 Å². The molecule has 0 saturated heterocycles. The summed E-state index contributed by atoms with van der Waals surface area (Å²) >= 11 is 0. The third-order valence-corrected chi connectivity index (χ3v) is 2.34. The first-order valence-corrected chi connectivity index (χ1v) is 5.84. The van der Waals surface area contributed by atoms with E-state index in [0.717, 1.165) is 18.7 Å². The van der Waals surface area contributed by atoms with Crippen molar-refractivity contribution < 1.29 is 13.2 Å². The molecule has 1 heterocycles. The van der Waals surface area contributed by atoms with E-state index in [1.807, 2.05) is 6.92 Å². The zero-order chi connectivity index (χ0) is 13.6. The van der Waals surface area contributed by atoms with Crippen LogP contribution in [-0.4, -0.2) is 29.6 Å². The Morgan fingerprint density at radius 2 is 2.06 bits per heavy atom. The zero-order valence-corrected chi connectivity index (χ0v) is 10.2. The lowest BCUT2D eigenvalue weighted by molar-refractivity contribution is -0.141. The summed E-state index contributed by atoms with van der Waals surface area (Å²) in [6.07, 6.45) is -1.80. The van der Waals surface area contributed by atoms with E-state index < -0.39 is 11.9 Å². The highest BCUT2D eigenvalue weighted by molar-refractivity contribution is 5.30. The average molecular weight is 262 g/mol. The molecule has 0 saturated carbocycles. The molecule has 7 heteroatoms. The predicted molar refractivity (Wildman–Crippen MR) is 63.2 cm³/mol. The highest BCUT2D eigenvalue weighted by Crippen LogP contribution is 2.28. The van der Waals surface area contributed by atoms with Gasteiger partial charge in [0.15, 0.2) is 0 Å². The number of hydrogen-bond acceptors (Lipinski definition) is 4. The van der Waals surface area contributed by atoms with Crippen LogP contribution in [0.5, 0.6) is 0 Å². The molecule has 2 N–H and O–H groups in total. The minimum Gasteiger partial charge on any atom is -0.341 e. The van der Waals surface area contributed by atoms with Crippen molar-refractivity contribution in [1.29, 1.82) is 0 Å². The molecule has 0 atom stereocenters. The Morgan fingerprint density at radius 3 is 2.61 bits per heavy atom. The van der Waals surface area contributed by atoms with E-state index in [1.54, 1.807) is 4.90 Å². The van der Waals surface area contributed by atoms with E-state index in [1.165, 1.54) is 0 Å². The quantitative estimate of drug-likeness (QED) is 0.852. The number of aromatic nitrogens is 2. The molecule has 0 aliphatic heterocycles. The summed E-state index contributed by atoms with van der Waals surface area (Å²) < 4.78 is 37.6. The summed E-state index contributed by atoms with van der Waals surface area (Å²) in [6.45, 7) is 3.61. The first kappa shape index (κ1) is 14.7. The van der Waals surface area contributed by atoms with Gasteiger partial charge in [-0.1, -0.05) is 6.92 Å². The summed E-state index contributed by atoms with van der Waals surface area (Å²) in [5.74, 6) is 0.111. The van der Waals surface area contributed by atoms with Crippen LogP contribution in [-0.2, 0) is 6.18 Å². The van der Waals surface area contributed by atoms with Crippen molar-refractivity contribution in [3.63, 3.8) is 0 Å². The van der Waals surface area contributed by atoms with Gasteiger partial charge in [-0.25, -0.2) is 9.97 Å². The largest absolute Gasteiger partial charge is 0.433 e. The maximum absolute atomic E-state index is 12.5. The Labute approximate surface area is 104 Å². The molecule has 1 aromatic heterocycles. The van der Waals surface area contributed by atoms with Crippen LogP contribution in [0.4, 0.5) is 19.1 Å². The number of nitrogens with two attached hydrogens (primary N) is 1. The molecular weight excluding hydrogens is 245 g/mol. The van der Waals surface area contributed by atoms with Crippen molar-refractivity contribution >= 4 is 5.95 Å². The number of nitrogens with zero attached hydrogens (tertiary/aromatic N) is 3. The molecule has 0 amide bonds. The summed E-state index contributed by atoms with van der Waals surface area (Å²) in [4.78, 5) is 9.19. The van der Waals surface area contributed by atoms with E-state index in [-0.39, 0.29) is 5.95 Å². The van der Waals surface area contributed by atoms with Gasteiger partial charge in [-0.15, -0.1) is 0 Å². The van der Waals surface area contributed by atoms with Crippen LogP contribution in [0.15, 0.2) is 12.3 Å². The molecule has 0 unspecified atom stereocenters. The molecule has 0 aromatic carbocycles. The fraction of sp³-hybridized carbons (Fsp3) is 0.636. The third-order valence-electron chi connectivity index (χ3n) is 2.34. The topological polar surface area (TPSA) is 55.0 Å². The Balaban J connectivity index is 2.90. The molecule has 0 fully saturated rings. The Kier molecular flexibility index (Phi) is 5.33. The first-order chi connectivity index (χ1) is 8.49. The highest BCUT2D eigenvalue weighted by Gasteiger charge is 2.33. The molecule has 4 nitrogen and oxygen atoms in total. The van der Waals surface area contributed by atoms with Gasteiger partial charge >= 0.3 is 6.18 Å².